The van der Waals surface area contributed by atoms with E-state index in [1.807, 2.05) is 54.8 Å². The van der Waals surface area contributed by atoms with Gasteiger partial charge < -0.3 is 24.8 Å². The fourth-order valence-corrected chi connectivity index (χ4v) is 3.76. The number of hydrogen-bond acceptors (Lipinski definition) is 4. The maximum atomic E-state index is 12.6. The van der Waals surface area contributed by atoms with Crippen molar-refractivity contribution in [2.24, 2.45) is 0 Å². The number of likely N-dealkylation sites (tertiary alicyclic amines) is 1. The van der Waals surface area contributed by atoms with Crippen LogP contribution in [0.5, 0.6) is 5.75 Å². The monoisotopic (exact) mass is 374 g/mol. The Bertz CT molecular complexity index is 693. The molecule has 0 bridgehead atoms. The van der Waals surface area contributed by atoms with Gasteiger partial charge in [0.2, 0.25) is 5.91 Å². The minimum Gasteiger partial charge on any atom is -0.495 e. The zero-order chi connectivity index (χ0) is 19.6. The van der Waals surface area contributed by atoms with Crippen LogP contribution in [-0.2, 0) is 4.79 Å². The molecule has 1 N–H and O–H groups in total. The zero-order valence-electron chi connectivity index (χ0n) is 16.7. The van der Waals surface area contributed by atoms with Crippen LogP contribution in [0.4, 0.5) is 10.5 Å². The van der Waals surface area contributed by atoms with Crippen LogP contribution in [0.15, 0.2) is 24.3 Å². The van der Waals surface area contributed by atoms with Gasteiger partial charge in [-0.25, -0.2) is 4.79 Å². The number of anilines is 1. The largest absolute Gasteiger partial charge is 0.495 e. The molecule has 1 aromatic carbocycles. The Morgan fingerprint density at radius 1 is 1.15 bits per heavy atom. The Morgan fingerprint density at radius 2 is 1.81 bits per heavy atom. The summed E-state index contributed by atoms with van der Waals surface area (Å²) in [4.78, 5) is 30.7. The van der Waals surface area contributed by atoms with E-state index in [9.17, 15) is 9.59 Å². The fraction of sp³-hybridized carbons (Fsp3) is 0.600. The molecule has 1 aromatic rings. The summed E-state index contributed by atoms with van der Waals surface area (Å²) in [6.45, 7) is 9.44. The summed E-state index contributed by atoms with van der Waals surface area (Å²) in [5.74, 6) is 0.955. The van der Waals surface area contributed by atoms with Crippen LogP contribution in [0.25, 0.3) is 0 Å². The summed E-state index contributed by atoms with van der Waals surface area (Å²) in [6.07, 6.45) is 0.379. The van der Waals surface area contributed by atoms with Gasteiger partial charge in [-0.3, -0.25) is 4.79 Å². The van der Waals surface area contributed by atoms with E-state index < -0.39 is 0 Å². The van der Waals surface area contributed by atoms with Crippen LogP contribution in [0.2, 0.25) is 0 Å². The van der Waals surface area contributed by atoms with Crippen LogP contribution in [0.1, 0.15) is 27.2 Å². The average Bonchev–Trinajstić information content (AvgIpc) is 3.02. The molecular weight excluding hydrogens is 344 g/mol. The van der Waals surface area contributed by atoms with Crippen molar-refractivity contribution in [1.29, 1.82) is 0 Å². The first-order valence-electron chi connectivity index (χ1n) is 9.53. The molecular formula is C20H30N4O3. The number of ether oxygens (including phenoxy) is 1. The fourth-order valence-electron chi connectivity index (χ4n) is 3.76. The first kappa shape index (κ1) is 19.3. The van der Waals surface area contributed by atoms with E-state index in [-0.39, 0.29) is 23.5 Å². The maximum absolute atomic E-state index is 12.6. The topological polar surface area (TPSA) is 65.1 Å². The lowest BCUT2D eigenvalue weighted by Crippen LogP contribution is -2.54. The number of rotatable bonds is 3. The van der Waals surface area contributed by atoms with Crippen molar-refractivity contribution in [3.8, 4) is 5.75 Å². The van der Waals surface area contributed by atoms with E-state index in [1.165, 1.54) is 0 Å². The summed E-state index contributed by atoms with van der Waals surface area (Å²) in [7, 11) is 1.67. The van der Waals surface area contributed by atoms with Gasteiger partial charge in [0.05, 0.1) is 18.8 Å². The molecule has 7 nitrogen and oxygen atoms in total. The van der Waals surface area contributed by atoms with Gasteiger partial charge in [0.25, 0.3) is 0 Å². The van der Waals surface area contributed by atoms with Crippen LogP contribution in [0.3, 0.4) is 0 Å². The number of urea groups is 1. The second-order valence-electron chi connectivity index (χ2n) is 8.17. The molecule has 1 unspecified atom stereocenters. The van der Waals surface area contributed by atoms with Gasteiger partial charge in [0.1, 0.15) is 5.75 Å². The van der Waals surface area contributed by atoms with Gasteiger partial charge in [0.15, 0.2) is 0 Å². The predicted octanol–water partition coefficient (Wildman–Crippen LogP) is 1.93. The maximum Gasteiger partial charge on any atom is 0.317 e. The number of nitrogens with one attached hydrogen (secondary N) is 1. The van der Waals surface area contributed by atoms with E-state index in [1.54, 1.807) is 7.11 Å². The molecule has 148 valence electrons. The third kappa shape index (κ3) is 4.28. The molecule has 0 aromatic heterocycles. The van der Waals surface area contributed by atoms with Crippen molar-refractivity contribution in [2.75, 3.05) is 44.7 Å². The molecule has 2 saturated heterocycles. The number of benzene rings is 1. The Labute approximate surface area is 161 Å². The Balaban J connectivity index is 1.53. The van der Waals surface area contributed by atoms with E-state index in [0.29, 0.717) is 26.1 Å². The predicted molar refractivity (Wildman–Crippen MR) is 105 cm³/mol. The minimum absolute atomic E-state index is 0.0803. The van der Waals surface area contributed by atoms with Gasteiger partial charge in [-0.15, -0.1) is 0 Å². The van der Waals surface area contributed by atoms with Gasteiger partial charge in [0, 0.05) is 44.7 Å². The van der Waals surface area contributed by atoms with E-state index in [0.717, 1.165) is 24.5 Å². The highest BCUT2D eigenvalue weighted by Gasteiger charge is 2.37. The molecule has 3 amide bonds. The van der Waals surface area contributed by atoms with Crippen LogP contribution < -0.4 is 15.0 Å². The third-order valence-corrected chi connectivity index (χ3v) is 5.26. The molecule has 2 aliphatic heterocycles. The number of carbonyl (C=O) groups excluding carboxylic acids is 2. The zero-order valence-corrected chi connectivity index (χ0v) is 16.7. The quantitative estimate of drug-likeness (QED) is 0.878. The van der Waals surface area contributed by atoms with E-state index in [2.05, 4.69) is 10.2 Å². The van der Waals surface area contributed by atoms with Crippen molar-refractivity contribution in [2.45, 2.75) is 38.8 Å². The molecule has 2 heterocycles. The van der Waals surface area contributed by atoms with Gasteiger partial charge >= 0.3 is 6.03 Å². The first-order valence-corrected chi connectivity index (χ1v) is 9.53. The summed E-state index contributed by atoms with van der Waals surface area (Å²) < 4.78 is 5.44. The molecule has 0 saturated carbocycles. The van der Waals surface area contributed by atoms with Gasteiger partial charge in [-0.2, -0.15) is 0 Å². The Morgan fingerprint density at radius 3 is 2.41 bits per heavy atom. The smallest absolute Gasteiger partial charge is 0.317 e. The molecule has 2 fully saturated rings. The average molecular weight is 374 g/mol. The SMILES string of the molecule is COc1ccccc1N1CCN(C(=O)NC2CC(=O)N(C(C)(C)C)C2)CC1. The standard InChI is InChI=1S/C20H30N4O3/c1-20(2,3)24-14-15(13-18(24)25)21-19(26)23-11-9-22(10-12-23)16-7-5-6-8-17(16)27-4/h5-8,15H,9-14H2,1-4H3,(H,21,26). The lowest BCUT2D eigenvalue weighted by atomic mass is 10.1. The molecule has 0 spiro atoms. The van der Waals surface area contributed by atoms with E-state index >= 15 is 0 Å². The second-order valence-corrected chi connectivity index (χ2v) is 8.17. The number of carbonyl (C=O) groups is 2. The van der Waals surface area contributed by atoms with Crippen molar-refractivity contribution < 1.29 is 14.3 Å². The first-order chi connectivity index (χ1) is 12.8. The highest BCUT2D eigenvalue weighted by atomic mass is 16.5. The molecule has 27 heavy (non-hydrogen) atoms. The van der Waals surface area contributed by atoms with Gasteiger partial charge in [-0.05, 0) is 32.9 Å². The van der Waals surface area contributed by atoms with Crippen molar-refractivity contribution in [1.82, 2.24) is 15.1 Å². The summed E-state index contributed by atoms with van der Waals surface area (Å²) in [6, 6.07) is 7.75. The lowest BCUT2D eigenvalue weighted by Gasteiger charge is -2.37. The molecule has 7 heteroatoms. The molecule has 0 radical (unpaired) electrons. The van der Waals surface area contributed by atoms with Crippen molar-refractivity contribution >= 4 is 17.6 Å². The number of amides is 3. The summed E-state index contributed by atoms with van der Waals surface area (Å²) >= 11 is 0. The minimum atomic E-state index is -0.211. The normalized spacial score (nSPS) is 20.8. The second kappa shape index (κ2) is 7.66. The summed E-state index contributed by atoms with van der Waals surface area (Å²) in [5, 5.41) is 3.04. The highest BCUT2D eigenvalue weighted by Crippen LogP contribution is 2.28. The van der Waals surface area contributed by atoms with Crippen molar-refractivity contribution in [3.05, 3.63) is 24.3 Å². The Hall–Kier alpha value is -2.44. The summed E-state index contributed by atoms with van der Waals surface area (Å²) in [5.41, 5.74) is 0.846. The van der Waals surface area contributed by atoms with Crippen LogP contribution in [0, 0.1) is 0 Å². The number of hydrogen-bond donors (Lipinski definition) is 1. The molecule has 1 atom stereocenters. The number of nitrogens with zero attached hydrogens (tertiary/aromatic N) is 3. The molecule has 2 aliphatic rings. The van der Waals surface area contributed by atoms with Crippen LogP contribution >= 0.6 is 0 Å². The number of methoxy groups -OCH3 is 1. The molecule has 0 aliphatic carbocycles. The van der Waals surface area contributed by atoms with E-state index in [4.69, 9.17) is 4.74 Å². The Kier molecular flexibility index (Phi) is 5.48. The van der Waals surface area contributed by atoms with Crippen LogP contribution in [-0.4, -0.2) is 73.2 Å². The van der Waals surface area contributed by atoms with Gasteiger partial charge in [-0.1, -0.05) is 12.1 Å². The number of para-hydroxylation sites is 2. The third-order valence-electron chi connectivity index (χ3n) is 5.26. The lowest BCUT2D eigenvalue weighted by molar-refractivity contribution is -0.131. The molecule has 3 rings (SSSR count). The number of piperazine rings is 1. The van der Waals surface area contributed by atoms with Crippen molar-refractivity contribution in [3.63, 3.8) is 0 Å². The highest BCUT2D eigenvalue weighted by molar-refractivity contribution is 5.82.